The van der Waals surface area contributed by atoms with Crippen LogP contribution in [0.25, 0.3) is 0 Å². The Bertz CT molecular complexity index is 1160. The maximum absolute atomic E-state index is 13.0. The van der Waals surface area contributed by atoms with Crippen LogP contribution in [0.4, 0.5) is 5.69 Å². The molecule has 0 bridgehead atoms. The lowest BCUT2D eigenvalue weighted by Gasteiger charge is -2.24. The van der Waals surface area contributed by atoms with Gasteiger partial charge >= 0.3 is 5.97 Å². The number of benzene rings is 3. The molecule has 1 aliphatic rings. The first-order valence-corrected chi connectivity index (χ1v) is 12.0. The molecule has 0 saturated heterocycles. The summed E-state index contributed by atoms with van der Waals surface area (Å²) in [5.41, 5.74) is 3.46. The number of hydrogen-bond acceptors (Lipinski definition) is 5. The van der Waals surface area contributed by atoms with E-state index in [9.17, 15) is 14.4 Å². The van der Waals surface area contributed by atoms with Crippen LogP contribution in [0.3, 0.4) is 0 Å². The van der Waals surface area contributed by atoms with Crippen LogP contribution in [0.5, 0.6) is 0 Å². The summed E-state index contributed by atoms with van der Waals surface area (Å²) in [6.45, 7) is 2.36. The molecule has 1 heterocycles. The quantitative estimate of drug-likeness (QED) is 0.472. The van der Waals surface area contributed by atoms with E-state index in [4.69, 9.17) is 4.74 Å². The third kappa shape index (κ3) is 6.05. The van der Waals surface area contributed by atoms with Gasteiger partial charge in [0.1, 0.15) is 0 Å². The normalized spacial score (nSPS) is 15.6. The van der Waals surface area contributed by atoms with Gasteiger partial charge in [0.15, 0.2) is 0 Å². The lowest BCUT2D eigenvalue weighted by Crippen LogP contribution is -2.35. The second-order valence-electron chi connectivity index (χ2n) is 8.10. The molecular formula is C27H26N2O4S. The Balaban J connectivity index is 1.41. The molecule has 2 unspecified atom stereocenters. The van der Waals surface area contributed by atoms with Crippen LogP contribution >= 0.6 is 11.8 Å². The average molecular weight is 475 g/mol. The fourth-order valence-electron chi connectivity index (χ4n) is 3.64. The van der Waals surface area contributed by atoms with E-state index in [0.717, 1.165) is 21.7 Å². The van der Waals surface area contributed by atoms with Crippen molar-refractivity contribution in [3.8, 4) is 0 Å². The zero-order valence-corrected chi connectivity index (χ0v) is 19.6. The number of carbonyl (C=O) groups excluding carboxylic acids is 3. The summed E-state index contributed by atoms with van der Waals surface area (Å²) in [6.07, 6.45) is -0.558. The first-order chi connectivity index (χ1) is 16.5. The summed E-state index contributed by atoms with van der Waals surface area (Å²) in [5.74, 6) is -1.24. The minimum Gasteiger partial charge on any atom is -0.447 e. The molecule has 4 rings (SSSR count). The predicted molar refractivity (Wildman–Crippen MR) is 133 cm³/mol. The van der Waals surface area contributed by atoms with Crippen molar-refractivity contribution in [2.45, 2.75) is 36.0 Å². The fourth-order valence-corrected chi connectivity index (χ4v) is 4.73. The van der Waals surface area contributed by atoms with Gasteiger partial charge in [-0.25, -0.2) is 0 Å². The molecule has 0 saturated carbocycles. The molecule has 0 aromatic heterocycles. The van der Waals surface area contributed by atoms with Gasteiger partial charge in [0.05, 0.1) is 17.4 Å². The minimum absolute atomic E-state index is 0.134. The van der Waals surface area contributed by atoms with E-state index in [1.807, 2.05) is 73.7 Å². The predicted octanol–water partition coefficient (Wildman–Crippen LogP) is 4.44. The standard InChI is InChI=1S/C27H26N2O4S/c1-18-11-13-20(14-12-18)25(27(32)28-16-15-19-7-3-2-4-8-19)33-24(30)17-23-26(31)29-21-9-5-6-10-22(21)34-23/h2-14,23,25H,15-17H2,1H3,(H,28,32)(H,29,31). The van der Waals surface area contributed by atoms with Crippen molar-refractivity contribution in [1.82, 2.24) is 5.32 Å². The molecule has 3 aromatic carbocycles. The number of aryl methyl sites for hydroxylation is 1. The Labute approximate surface area is 203 Å². The Kier molecular flexibility index (Phi) is 7.65. The highest BCUT2D eigenvalue weighted by Gasteiger charge is 2.32. The summed E-state index contributed by atoms with van der Waals surface area (Å²) < 4.78 is 5.64. The van der Waals surface area contributed by atoms with E-state index in [0.29, 0.717) is 18.5 Å². The number of rotatable bonds is 8. The summed E-state index contributed by atoms with van der Waals surface area (Å²) in [4.78, 5) is 39.2. The molecule has 0 radical (unpaired) electrons. The number of carbonyl (C=O) groups is 3. The molecular weight excluding hydrogens is 448 g/mol. The van der Waals surface area contributed by atoms with Crippen LogP contribution in [0, 0.1) is 6.92 Å². The second-order valence-corrected chi connectivity index (χ2v) is 9.35. The Morgan fingerprint density at radius 3 is 2.47 bits per heavy atom. The molecule has 2 N–H and O–H groups in total. The van der Waals surface area contributed by atoms with Gasteiger partial charge < -0.3 is 15.4 Å². The number of para-hydroxylation sites is 1. The van der Waals surface area contributed by atoms with Crippen molar-refractivity contribution in [1.29, 1.82) is 0 Å². The molecule has 174 valence electrons. The van der Waals surface area contributed by atoms with E-state index in [1.54, 1.807) is 12.1 Å². The smallest absolute Gasteiger partial charge is 0.308 e. The first-order valence-electron chi connectivity index (χ1n) is 11.1. The van der Waals surface area contributed by atoms with E-state index >= 15 is 0 Å². The molecule has 0 fully saturated rings. The number of thioether (sulfide) groups is 1. The molecule has 6 nitrogen and oxygen atoms in total. The SMILES string of the molecule is Cc1ccc(C(OC(=O)CC2Sc3ccccc3NC2=O)C(=O)NCCc2ccccc2)cc1. The average Bonchev–Trinajstić information content (AvgIpc) is 2.84. The third-order valence-corrected chi connectivity index (χ3v) is 6.76. The van der Waals surface area contributed by atoms with Gasteiger partial charge in [0, 0.05) is 17.0 Å². The van der Waals surface area contributed by atoms with Crippen LogP contribution in [0.1, 0.15) is 29.2 Å². The van der Waals surface area contributed by atoms with Gasteiger partial charge in [-0.3, -0.25) is 14.4 Å². The van der Waals surface area contributed by atoms with Gasteiger partial charge in [0.2, 0.25) is 12.0 Å². The van der Waals surface area contributed by atoms with Gasteiger partial charge in [-0.1, -0.05) is 72.3 Å². The van der Waals surface area contributed by atoms with E-state index < -0.39 is 17.3 Å². The minimum atomic E-state index is -1.09. The van der Waals surface area contributed by atoms with Crippen molar-refractivity contribution in [3.63, 3.8) is 0 Å². The van der Waals surface area contributed by atoms with Crippen LogP contribution < -0.4 is 10.6 Å². The molecule has 2 amide bonds. The van der Waals surface area contributed by atoms with Gasteiger partial charge in [-0.05, 0) is 31.0 Å². The number of ether oxygens (including phenoxy) is 1. The highest BCUT2D eigenvalue weighted by molar-refractivity contribution is 8.01. The first kappa shape index (κ1) is 23.6. The van der Waals surface area contributed by atoms with Crippen molar-refractivity contribution in [2.75, 3.05) is 11.9 Å². The number of esters is 1. The number of hydrogen-bond donors (Lipinski definition) is 2. The van der Waals surface area contributed by atoms with Crippen LogP contribution in [-0.4, -0.2) is 29.6 Å². The molecule has 1 aliphatic heterocycles. The zero-order valence-electron chi connectivity index (χ0n) is 18.8. The maximum Gasteiger partial charge on any atom is 0.308 e. The molecule has 2 atom stereocenters. The highest BCUT2D eigenvalue weighted by Crippen LogP contribution is 2.37. The van der Waals surface area contributed by atoms with Crippen LogP contribution in [0.2, 0.25) is 0 Å². The van der Waals surface area contributed by atoms with E-state index in [-0.39, 0.29) is 18.2 Å². The fraction of sp³-hybridized carbons (Fsp3) is 0.222. The van der Waals surface area contributed by atoms with Crippen LogP contribution in [-0.2, 0) is 25.5 Å². The van der Waals surface area contributed by atoms with Gasteiger partial charge in [-0.15, -0.1) is 11.8 Å². The van der Waals surface area contributed by atoms with Crippen LogP contribution in [0.15, 0.2) is 83.8 Å². The Morgan fingerprint density at radius 2 is 1.71 bits per heavy atom. The van der Waals surface area contributed by atoms with Crippen molar-refractivity contribution in [2.24, 2.45) is 0 Å². The number of fused-ring (bicyclic) bond motifs is 1. The second kappa shape index (κ2) is 11.0. The molecule has 0 aliphatic carbocycles. The number of amides is 2. The third-order valence-electron chi connectivity index (χ3n) is 5.48. The molecule has 0 spiro atoms. The monoisotopic (exact) mass is 474 g/mol. The summed E-state index contributed by atoms with van der Waals surface area (Å²) in [7, 11) is 0. The Hall–Kier alpha value is -3.58. The summed E-state index contributed by atoms with van der Waals surface area (Å²) >= 11 is 1.32. The number of nitrogens with one attached hydrogen (secondary N) is 2. The molecule has 34 heavy (non-hydrogen) atoms. The number of anilines is 1. The highest BCUT2D eigenvalue weighted by atomic mass is 32.2. The van der Waals surface area contributed by atoms with E-state index in [2.05, 4.69) is 10.6 Å². The largest absolute Gasteiger partial charge is 0.447 e. The van der Waals surface area contributed by atoms with Crippen molar-refractivity contribution >= 4 is 35.2 Å². The van der Waals surface area contributed by atoms with Gasteiger partial charge in [0.25, 0.3) is 5.91 Å². The zero-order chi connectivity index (χ0) is 23.9. The molecule has 7 heteroatoms. The lowest BCUT2D eigenvalue weighted by atomic mass is 10.1. The van der Waals surface area contributed by atoms with Crippen molar-refractivity contribution < 1.29 is 19.1 Å². The summed E-state index contributed by atoms with van der Waals surface area (Å²) in [5, 5.41) is 5.08. The van der Waals surface area contributed by atoms with Gasteiger partial charge in [-0.2, -0.15) is 0 Å². The maximum atomic E-state index is 13.0. The topological polar surface area (TPSA) is 84.5 Å². The van der Waals surface area contributed by atoms with Crippen molar-refractivity contribution in [3.05, 3.63) is 95.6 Å². The van der Waals surface area contributed by atoms with E-state index in [1.165, 1.54) is 11.8 Å². The Morgan fingerprint density at radius 1 is 1.00 bits per heavy atom. The lowest BCUT2D eigenvalue weighted by molar-refractivity contribution is -0.156. The molecule has 3 aromatic rings. The summed E-state index contributed by atoms with van der Waals surface area (Å²) in [6, 6.07) is 24.6.